The smallest absolute Gasteiger partial charge is 0.271 e. The first kappa shape index (κ1) is 16.0. The molecule has 21 heavy (non-hydrogen) atoms. The van der Waals surface area contributed by atoms with Crippen LogP contribution in [0.2, 0.25) is 5.02 Å². The third-order valence-electron chi connectivity index (χ3n) is 3.82. The molecular formula is C15H22ClN3O2. The van der Waals surface area contributed by atoms with Crippen molar-refractivity contribution >= 4 is 23.0 Å². The minimum absolute atomic E-state index is 0.0203. The fraction of sp³-hybridized carbons (Fsp3) is 0.600. The first-order chi connectivity index (χ1) is 10.1. The molecule has 0 bridgehead atoms. The van der Waals surface area contributed by atoms with Gasteiger partial charge in [0.05, 0.1) is 15.6 Å². The Balaban J connectivity index is 1.83. The van der Waals surface area contributed by atoms with Crippen molar-refractivity contribution in [1.29, 1.82) is 0 Å². The Labute approximate surface area is 130 Å². The number of non-ortho nitro benzene ring substituents is 1. The Morgan fingerprint density at radius 2 is 2.10 bits per heavy atom. The summed E-state index contributed by atoms with van der Waals surface area (Å²) < 4.78 is 0. The van der Waals surface area contributed by atoms with E-state index in [0.717, 1.165) is 18.8 Å². The molecule has 0 aromatic heterocycles. The Bertz CT molecular complexity index is 490. The number of anilines is 1. The van der Waals surface area contributed by atoms with Crippen LogP contribution in [0, 0.1) is 16.0 Å². The molecule has 1 aromatic rings. The number of hydrogen-bond acceptors (Lipinski definition) is 4. The van der Waals surface area contributed by atoms with E-state index in [-0.39, 0.29) is 5.69 Å². The summed E-state index contributed by atoms with van der Waals surface area (Å²) in [4.78, 5) is 12.7. The van der Waals surface area contributed by atoms with Crippen molar-refractivity contribution < 1.29 is 4.92 Å². The maximum absolute atomic E-state index is 10.7. The number of nitro benzene ring substituents is 1. The predicted molar refractivity (Wildman–Crippen MR) is 86.1 cm³/mol. The number of rotatable bonds is 6. The third kappa shape index (κ3) is 4.86. The summed E-state index contributed by atoms with van der Waals surface area (Å²) in [6.07, 6.45) is 3.95. The number of piperidine rings is 1. The van der Waals surface area contributed by atoms with Crippen LogP contribution in [-0.4, -0.2) is 36.0 Å². The summed E-state index contributed by atoms with van der Waals surface area (Å²) in [5.41, 5.74) is 0.777. The summed E-state index contributed by atoms with van der Waals surface area (Å²) in [5, 5.41) is 14.4. The molecule has 1 unspecified atom stereocenters. The largest absolute Gasteiger partial charge is 0.384 e. The number of nitro groups is 1. The van der Waals surface area contributed by atoms with Gasteiger partial charge in [-0.2, -0.15) is 0 Å². The highest BCUT2D eigenvalue weighted by Gasteiger charge is 2.14. The average molecular weight is 312 g/mol. The molecule has 1 heterocycles. The fourth-order valence-corrected chi connectivity index (χ4v) is 2.93. The second-order valence-electron chi connectivity index (χ2n) is 5.77. The molecule has 0 aliphatic carbocycles. The van der Waals surface area contributed by atoms with Gasteiger partial charge in [0.25, 0.3) is 5.69 Å². The fourth-order valence-electron chi connectivity index (χ4n) is 2.69. The number of benzene rings is 1. The van der Waals surface area contributed by atoms with Crippen molar-refractivity contribution in [3.63, 3.8) is 0 Å². The van der Waals surface area contributed by atoms with Crippen molar-refractivity contribution in [2.45, 2.75) is 26.2 Å². The number of nitrogens with one attached hydrogen (secondary N) is 1. The van der Waals surface area contributed by atoms with Gasteiger partial charge in [-0.05, 0) is 37.9 Å². The van der Waals surface area contributed by atoms with Gasteiger partial charge in [0.2, 0.25) is 0 Å². The summed E-state index contributed by atoms with van der Waals surface area (Å²) >= 11 is 6.07. The van der Waals surface area contributed by atoms with Gasteiger partial charge in [-0.25, -0.2) is 0 Å². The maximum atomic E-state index is 10.7. The SMILES string of the molecule is CC(CNc1ccc([N+](=O)[O-])cc1Cl)CN1CCCCC1. The molecule has 1 aliphatic heterocycles. The molecule has 0 radical (unpaired) electrons. The molecule has 1 saturated heterocycles. The lowest BCUT2D eigenvalue weighted by molar-refractivity contribution is -0.384. The second-order valence-corrected chi connectivity index (χ2v) is 6.18. The predicted octanol–water partition coefficient (Wildman–Crippen LogP) is 3.78. The van der Waals surface area contributed by atoms with E-state index >= 15 is 0 Å². The molecule has 0 saturated carbocycles. The summed E-state index contributed by atoms with van der Waals surface area (Å²) in [6, 6.07) is 4.54. The molecule has 116 valence electrons. The van der Waals surface area contributed by atoms with Crippen molar-refractivity contribution in [2.75, 3.05) is 31.5 Å². The molecule has 0 spiro atoms. The molecule has 1 fully saturated rings. The van der Waals surface area contributed by atoms with E-state index in [1.807, 2.05) is 0 Å². The molecule has 6 heteroatoms. The lowest BCUT2D eigenvalue weighted by atomic mass is 10.1. The van der Waals surface area contributed by atoms with Crippen LogP contribution in [0.5, 0.6) is 0 Å². The van der Waals surface area contributed by atoms with Gasteiger partial charge in [0, 0.05) is 25.2 Å². The van der Waals surface area contributed by atoms with E-state index in [1.165, 1.54) is 44.5 Å². The standard InChI is InChI=1S/C15H22ClN3O2/c1-12(11-18-7-3-2-4-8-18)10-17-15-6-5-13(19(20)21)9-14(15)16/h5-6,9,12,17H,2-4,7-8,10-11H2,1H3. The van der Waals surface area contributed by atoms with Crippen LogP contribution in [0.3, 0.4) is 0 Å². The average Bonchev–Trinajstić information content (AvgIpc) is 2.47. The van der Waals surface area contributed by atoms with Gasteiger partial charge < -0.3 is 10.2 Å². The highest BCUT2D eigenvalue weighted by atomic mass is 35.5. The van der Waals surface area contributed by atoms with E-state index in [9.17, 15) is 10.1 Å². The molecule has 1 N–H and O–H groups in total. The van der Waals surface area contributed by atoms with Gasteiger partial charge in [-0.3, -0.25) is 10.1 Å². The highest BCUT2D eigenvalue weighted by Crippen LogP contribution is 2.26. The lowest BCUT2D eigenvalue weighted by Gasteiger charge is -2.29. The molecule has 1 atom stereocenters. The quantitative estimate of drug-likeness (QED) is 0.641. The Morgan fingerprint density at radius 1 is 1.38 bits per heavy atom. The summed E-state index contributed by atoms with van der Waals surface area (Å²) in [5.74, 6) is 0.509. The molecule has 0 amide bonds. The van der Waals surface area contributed by atoms with Crippen LogP contribution in [0.4, 0.5) is 11.4 Å². The van der Waals surface area contributed by atoms with Crippen LogP contribution in [-0.2, 0) is 0 Å². The molecular weight excluding hydrogens is 290 g/mol. The van der Waals surface area contributed by atoms with Crippen molar-refractivity contribution in [3.8, 4) is 0 Å². The van der Waals surface area contributed by atoms with Gasteiger partial charge in [0.15, 0.2) is 0 Å². The second kappa shape index (κ2) is 7.61. The van der Waals surface area contributed by atoms with E-state index in [4.69, 9.17) is 11.6 Å². The van der Waals surface area contributed by atoms with Crippen LogP contribution in [0.15, 0.2) is 18.2 Å². The molecule has 5 nitrogen and oxygen atoms in total. The number of halogens is 1. The molecule has 1 aromatic carbocycles. The maximum Gasteiger partial charge on any atom is 0.271 e. The van der Waals surface area contributed by atoms with E-state index in [2.05, 4.69) is 17.1 Å². The number of hydrogen-bond donors (Lipinski definition) is 1. The first-order valence-corrected chi connectivity index (χ1v) is 7.84. The summed E-state index contributed by atoms with van der Waals surface area (Å²) in [6.45, 7) is 6.50. The van der Waals surface area contributed by atoms with Crippen LogP contribution in [0.1, 0.15) is 26.2 Å². The molecule has 2 rings (SSSR count). The van der Waals surface area contributed by atoms with E-state index in [0.29, 0.717) is 10.9 Å². The topological polar surface area (TPSA) is 58.4 Å². The third-order valence-corrected chi connectivity index (χ3v) is 4.14. The first-order valence-electron chi connectivity index (χ1n) is 7.46. The van der Waals surface area contributed by atoms with Gasteiger partial charge in [-0.15, -0.1) is 0 Å². The Hall–Kier alpha value is -1.33. The normalized spacial score (nSPS) is 17.4. The zero-order valence-corrected chi connectivity index (χ0v) is 13.1. The van der Waals surface area contributed by atoms with Crippen molar-refractivity contribution in [3.05, 3.63) is 33.3 Å². The van der Waals surface area contributed by atoms with Crippen LogP contribution < -0.4 is 5.32 Å². The van der Waals surface area contributed by atoms with E-state index in [1.54, 1.807) is 6.07 Å². The zero-order valence-electron chi connectivity index (χ0n) is 12.3. The number of nitrogens with zero attached hydrogens (tertiary/aromatic N) is 2. The minimum atomic E-state index is -0.436. The van der Waals surface area contributed by atoms with Crippen LogP contribution in [0.25, 0.3) is 0 Å². The van der Waals surface area contributed by atoms with Crippen molar-refractivity contribution in [2.24, 2.45) is 5.92 Å². The van der Waals surface area contributed by atoms with Gasteiger partial charge in [-0.1, -0.05) is 24.9 Å². The monoisotopic (exact) mass is 311 g/mol. The lowest BCUT2D eigenvalue weighted by Crippen LogP contribution is -2.35. The van der Waals surface area contributed by atoms with Crippen molar-refractivity contribution in [1.82, 2.24) is 4.90 Å². The highest BCUT2D eigenvalue weighted by molar-refractivity contribution is 6.33. The Morgan fingerprint density at radius 3 is 2.71 bits per heavy atom. The minimum Gasteiger partial charge on any atom is -0.384 e. The zero-order chi connectivity index (χ0) is 15.2. The van der Waals surface area contributed by atoms with Crippen LogP contribution >= 0.6 is 11.6 Å². The Kier molecular flexibility index (Phi) is 5.82. The van der Waals surface area contributed by atoms with Gasteiger partial charge in [0.1, 0.15) is 0 Å². The summed E-state index contributed by atoms with van der Waals surface area (Å²) in [7, 11) is 0. The van der Waals surface area contributed by atoms with E-state index < -0.39 is 4.92 Å². The number of likely N-dealkylation sites (tertiary alicyclic amines) is 1. The van der Waals surface area contributed by atoms with Gasteiger partial charge >= 0.3 is 0 Å². The molecule has 1 aliphatic rings.